The van der Waals surface area contributed by atoms with Crippen LogP contribution in [0.15, 0.2) is 54.6 Å². The molecule has 2 N–H and O–H groups in total. The average Bonchev–Trinajstić information content (AvgIpc) is 2.53. The van der Waals surface area contributed by atoms with E-state index in [1.54, 1.807) is 0 Å². The van der Waals surface area contributed by atoms with Gasteiger partial charge >= 0.3 is 0 Å². The number of hydrogen-bond acceptors (Lipinski definition) is 3. The lowest BCUT2D eigenvalue weighted by Crippen LogP contribution is -2.13. The standard InChI is InChI=1S/C18H19N3/c1-3-13-11-14-12-15(19)9-10-17(14)20-18(13)21(2)16-7-5-4-6-8-16/h4-12H,3,19H2,1-2H3. The molecule has 0 unspecified atom stereocenters. The minimum absolute atomic E-state index is 0.774. The predicted molar refractivity (Wildman–Crippen MR) is 90.0 cm³/mol. The third-order valence-corrected chi connectivity index (χ3v) is 3.74. The zero-order valence-corrected chi connectivity index (χ0v) is 12.4. The summed E-state index contributed by atoms with van der Waals surface area (Å²) in [7, 11) is 2.06. The molecule has 0 aliphatic heterocycles. The largest absolute Gasteiger partial charge is 0.399 e. The number of benzene rings is 2. The molecule has 3 aromatic rings. The molecule has 0 atom stereocenters. The zero-order valence-electron chi connectivity index (χ0n) is 12.4. The second kappa shape index (κ2) is 5.44. The molecule has 21 heavy (non-hydrogen) atoms. The first-order valence-corrected chi connectivity index (χ1v) is 7.17. The fraction of sp³-hybridized carbons (Fsp3) is 0.167. The maximum atomic E-state index is 5.87. The molecule has 1 heterocycles. The van der Waals surface area contributed by atoms with Gasteiger partial charge in [-0.15, -0.1) is 0 Å². The number of pyridine rings is 1. The summed E-state index contributed by atoms with van der Waals surface area (Å²) in [6.45, 7) is 2.15. The Kier molecular flexibility index (Phi) is 3.48. The fourth-order valence-electron chi connectivity index (χ4n) is 2.55. The lowest BCUT2D eigenvalue weighted by Gasteiger charge is -2.21. The molecule has 0 amide bonds. The minimum Gasteiger partial charge on any atom is -0.399 e. The van der Waals surface area contributed by atoms with Gasteiger partial charge in [0.2, 0.25) is 0 Å². The van der Waals surface area contributed by atoms with Gasteiger partial charge in [-0.1, -0.05) is 25.1 Å². The van der Waals surface area contributed by atoms with Gasteiger partial charge in [0.1, 0.15) is 5.82 Å². The van der Waals surface area contributed by atoms with E-state index in [-0.39, 0.29) is 0 Å². The number of nitrogens with zero attached hydrogens (tertiary/aromatic N) is 2. The van der Waals surface area contributed by atoms with Gasteiger partial charge in [0.25, 0.3) is 0 Å². The first kappa shape index (κ1) is 13.4. The summed E-state index contributed by atoms with van der Waals surface area (Å²) < 4.78 is 0. The van der Waals surface area contributed by atoms with Crippen LogP contribution in [0, 0.1) is 0 Å². The number of nitrogens with two attached hydrogens (primary N) is 1. The minimum atomic E-state index is 0.774. The smallest absolute Gasteiger partial charge is 0.136 e. The molecule has 0 aliphatic carbocycles. The summed E-state index contributed by atoms with van der Waals surface area (Å²) in [5, 5.41) is 1.09. The van der Waals surface area contributed by atoms with Crippen molar-refractivity contribution in [3.63, 3.8) is 0 Å². The summed E-state index contributed by atoms with van der Waals surface area (Å²) in [4.78, 5) is 6.97. The van der Waals surface area contributed by atoms with E-state index in [0.717, 1.165) is 34.5 Å². The van der Waals surface area contributed by atoms with Crippen molar-refractivity contribution in [2.75, 3.05) is 17.7 Å². The highest BCUT2D eigenvalue weighted by atomic mass is 15.2. The molecule has 3 rings (SSSR count). The summed E-state index contributed by atoms with van der Waals surface area (Å²) in [5.74, 6) is 1.00. The molecule has 0 aliphatic rings. The number of nitrogen functional groups attached to an aromatic ring is 1. The van der Waals surface area contributed by atoms with E-state index in [1.807, 2.05) is 36.4 Å². The van der Waals surface area contributed by atoms with Crippen molar-refractivity contribution in [3.8, 4) is 0 Å². The normalized spacial score (nSPS) is 10.8. The van der Waals surface area contributed by atoms with Crippen LogP contribution in [0.5, 0.6) is 0 Å². The van der Waals surface area contributed by atoms with E-state index in [2.05, 4.69) is 37.1 Å². The number of anilines is 3. The van der Waals surface area contributed by atoms with E-state index in [4.69, 9.17) is 10.7 Å². The highest BCUT2D eigenvalue weighted by Crippen LogP contribution is 2.29. The zero-order chi connectivity index (χ0) is 14.8. The molecule has 0 radical (unpaired) electrons. The quantitative estimate of drug-likeness (QED) is 0.731. The third kappa shape index (κ3) is 2.55. The van der Waals surface area contributed by atoms with E-state index in [1.165, 1.54) is 5.56 Å². The molecule has 106 valence electrons. The maximum absolute atomic E-state index is 5.87. The van der Waals surface area contributed by atoms with Gasteiger partial charge in [-0.2, -0.15) is 0 Å². The van der Waals surface area contributed by atoms with Crippen molar-refractivity contribution in [1.29, 1.82) is 0 Å². The topological polar surface area (TPSA) is 42.1 Å². The number of para-hydroxylation sites is 1. The fourth-order valence-corrected chi connectivity index (χ4v) is 2.55. The Morgan fingerprint density at radius 1 is 1.05 bits per heavy atom. The Morgan fingerprint density at radius 2 is 1.81 bits per heavy atom. The Bertz CT molecular complexity index is 766. The van der Waals surface area contributed by atoms with Crippen LogP contribution in [0.2, 0.25) is 0 Å². The Hall–Kier alpha value is -2.55. The number of aromatic nitrogens is 1. The molecule has 3 nitrogen and oxygen atoms in total. The van der Waals surface area contributed by atoms with Crippen molar-refractivity contribution in [2.24, 2.45) is 0 Å². The van der Waals surface area contributed by atoms with E-state index < -0.39 is 0 Å². The van der Waals surface area contributed by atoms with Gasteiger partial charge in [0, 0.05) is 23.8 Å². The summed E-state index contributed by atoms with van der Waals surface area (Å²) in [5.41, 5.74) is 9.97. The van der Waals surface area contributed by atoms with Crippen LogP contribution in [0.25, 0.3) is 10.9 Å². The van der Waals surface area contributed by atoms with Crippen LogP contribution in [0.3, 0.4) is 0 Å². The SMILES string of the molecule is CCc1cc2cc(N)ccc2nc1N(C)c1ccccc1. The van der Waals surface area contributed by atoms with Crippen LogP contribution >= 0.6 is 0 Å². The lowest BCUT2D eigenvalue weighted by atomic mass is 10.1. The Morgan fingerprint density at radius 3 is 2.52 bits per heavy atom. The molecule has 0 fully saturated rings. The highest BCUT2D eigenvalue weighted by molar-refractivity contribution is 5.85. The van der Waals surface area contributed by atoms with Crippen LogP contribution in [0.4, 0.5) is 17.2 Å². The van der Waals surface area contributed by atoms with E-state index in [0.29, 0.717) is 0 Å². The molecule has 2 aromatic carbocycles. The number of fused-ring (bicyclic) bond motifs is 1. The molecule has 1 aromatic heterocycles. The van der Waals surface area contributed by atoms with Crippen LogP contribution in [-0.4, -0.2) is 12.0 Å². The summed E-state index contributed by atoms with van der Waals surface area (Å²) in [6, 6.07) is 18.3. The van der Waals surface area contributed by atoms with Crippen molar-refractivity contribution >= 4 is 28.1 Å². The highest BCUT2D eigenvalue weighted by Gasteiger charge is 2.11. The Balaban J connectivity index is 2.15. The van der Waals surface area contributed by atoms with Gasteiger partial charge in [-0.3, -0.25) is 0 Å². The first-order chi connectivity index (χ1) is 10.2. The number of hydrogen-bond donors (Lipinski definition) is 1. The molecule has 3 heteroatoms. The number of aryl methyl sites for hydroxylation is 1. The Labute approximate surface area is 125 Å². The van der Waals surface area contributed by atoms with E-state index in [9.17, 15) is 0 Å². The molecular formula is C18H19N3. The van der Waals surface area contributed by atoms with Crippen molar-refractivity contribution in [1.82, 2.24) is 4.98 Å². The lowest BCUT2D eigenvalue weighted by molar-refractivity contribution is 1.06. The van der Waals surface area contributed by atoms with Crippen molar-refractivity contribution in [3.05, 3.63) is 60.2 Å². The average molecular weight is 277 g/mol. The molecule has 0 spiro atoms. The van der Waals surface area contributed by atoms with Crippen LogP contribution in [0.1, 0.15) is 12.5 Å². The van der Waals surface area contributed by atoms with E-state index >= 15 is 0 Å². The monoisotopic (exact) mass is 277 g/mol. The van der Waals surface area contributed by atoms with Gasteiger partial charge in [0.05, 0.1) is 5.52 Å². The van der Waals surface area contributed by atoms with Crippen LogP contribution < -0.4 is 10.6 Å². The third-order valence-electron chi connectivity index (χ3n) is 3.74. The number of rotatable bonds is 3. The molecule has 0 bridgehead atoms. The molecular weight excluding hydrogens is 258 g/mol. The van der Waals surface area contributed by atoms with Gasteiger partial charge in [-0.25, -0.2) is 4.98 Å². The second-order valence-corrected chi connectivity index (χ2v) is 5.17. The van der Waals surface area contributed by atoms with Crippen molar-refractivity contribution < 1.29 is 0 Å². The molecule has 0 saturated heterocycles. The van der Waals surface area contributed by atoms with Gasteiger partial charge < -0.3 is 10.6 Å². The summed E-state index contributed by atoms with van der Waals surface area (Å²) >= 11 is 0. The second-order valence-electron chi connectivity index (χ2n) is 5.17. The summed E-state index contributed by atoms with van der Waals surface area (Å²) in [6.07, 6.45) is 0.935. The first-order valence-electron chi connectivity index (χ1n) is 7.17. The maximum Gasteiger partial charge on any atom is 0.136 e. The predicted octanol–water partition coefficient (Wildman–Crippen LogP) is 4.15. The van der Waals surface area contributed by atoms with Crippen molar-refractivity contribution in [2.45, 2.75) is 13.3 Å². The molecule has 0 saturated carbocycles. The van der Waals surface area contributed by atoms with Gasteiger partial charge in [-0.05, 0) is 48.4 Å². The van der Waals surface area contributed by atoms with Crippen LogP contribution in [-0.2, 0) is 6.42 Å². The van der Waals surface area contributed by atoms with Gasteiger partial charge in [0.15, 0.2) is 0 Å².